The van der Waals surface area contributed by atoms with Gasteiger partial charge in [-0.05, 0) is 61.6 Å². The maximum Gasteiger partial charge on any atom is 0.174 e. The highest BCUT2D eigenvalue weighted by atomic mass is 16.1. The minimum atomic E-state index is -0.299. The molecule has 0 atom stereocenters. The van der Waals surface area contributed by atoms with Gasteiger partial charge in [0.2, 0.25) is 0 Å². The number of Topliss-reactive ketones (excluding diaryl/α,β-unsaturated/α-hetero) is 1. The van der Waals surface area contributed by atoms with Crippen molar-refractivity contribution in [2.24, 2.45) is 5.92 Å². The van der Waals surface area contributed by atoms with Gasteiger partial charge < -0.3 is 9.80 Å². The molecule has 32 heavy (non-hydrogen) atoms. The average Bonchev–Trinajstić information content (AvgIpc) is 3.63. The van der Waals surface area contributed by atoms with E-state index in [2.05, 4.69) is 54.0 Å². The number of ketones is 1. The number of anilines is 1. The van der Waals surface area contributed by atoms with Gasteiger partial charge in [0.1, 0.15) is 0 Å². The van der Waals surface area contributed by atoms with Gasteiger partial charge >= 0.3 is 0 Å². The first-order chi connectivity index (χ1) is 15.7. The maximum atomic E-state index is 13.9. The zero-order valence-electron chi connectivity index (χ0n) is 20.2. The second kappa shape index (κ2) is 9.17. The molecule has 2 aliphatic carbocycles. The third kappa shape index (κ3) is 3.87. The summed E-state index contributed by atoms with van der Waals surface area (Å²) in [6.45, 7) is 10.4. The van der Waals surface area contributed by atoms with Crippen LogP contribution in [-0.2, 0) is 5.41 Å². The molecule has 0 N–H and O–H groups in total. The molecule has 5 rings (SSSR count). The second-order valence-electron chi connectivity index (χ2n) is 10.6. The van der Waals surface area contributed by atoms with Crippen molar-refractivity contribution in [2.45, 2.75) is 77.0 Å². The lowest BCUT2D eigenvalue weighted by Gasteiger charge is -2.30. The third-order valence-electron chi connectivity index (χ3n) is 8.27. The first kappa shape index (κ1) is 21.9. The van der Waals surface area contributed by atoms with E-state index in [9.17, 15) is 4.79 Å². The number of carbonyl (C=O) groups excluding carboxylic acids is 1. The van der Waals surface area contributed by atoms with Gasteiger partial charge in [-0.1, -0.05) is 63.8 Å². The molecule has 0 spiro atoms. The molecular formula is C29H40N2O. The van der Waals surface area contributed by atoms with Crippen LogP contribution in [0.15, 0.2) is 30.3 Å². The molecule has 0 bridgehead atoms. The van der Waals surface area contributed by atoms with Crippen molar-refractivity contribution in [1.82, 2.24) is 4.90 Å². The minimum Gasteiger partial charge on any atom is -0.370 e. The fourth-order valence-electron chi connectivity index (χ4n) is 6.27. The molecule has 0 aromatic heterocycles. The molecule has 3 nitrogen and oxygen atoms in total. The first-order valence-electron chi connectivity index (χ1n) is 13.3. The first-order valence-corrected chi connectivity index (χ1v) is 13.3. The largest absolute Gasteiger partial charge is 0.370 e. The second-order valence-corrected chi connectivity index (χ2v) is 10.6. The molecule has 1 aliphatic heterocycles. The summed E-state index contributed by atoms with van der Waals surface area (Å²) in [5, 5.41) is 2.57. The lowest BCUT2D eigenvalue weighted by atomic mass is 9.72. The van der Waals surface area contributed by atoms with E-state index in [4.69, 9.17) is 0 Å². The van der Waals surface area contributed by atoms with E-state index >= 15 is 0 Å². The van der Waals surface area contributed by atoms with Crippen molar-refractivity contribution in [3.05, 3.63) is 41.5 Å². The van der Waals surface area contributed by atoms with E-state index in [-0.39, 0.29) is 5.41 Å². The van der Waals surface area contributed by atoms with Crippen LogP contribution in [0.1, 0.15) is 87.6 Å². The zero-order valence-corrected chi connectivity index (χ0v) is 20.2. The summed E-state index contributed by atoms with van der Waals surface area (Å²) in [5.41, 5.74) is 3.35. The maximum absolute atomic E-state index is 13.9. The Balaban J connectivity index is 1.50. The van der Waals surface area contributed by atoms with Crippen molar-refractivity contribution in [2.75, 3.05) is 37.6 Å². The van der Waals surface area contributed by atoms with Crippen LogP contribution in [0.3, 0.4) is 0 Å². The molecule has 0 unspecified atom stereocenters. The van der Waals surface area contributed by atoms with Crippen LogP contribution in [-0.4, -0.2) is 43.4 Å². The molecule has 1 saturated carbocycles. The highest BCUT2D eigenvalue weighted by Crippen LogP contribution is 2.50. The SMILES string of the molecule is CCCCC1(CCCC)C(=O)c2cccc3c(N4CCCN(CC5CC5)CC4)ccc1c23. The Bertz CT molecular complexity index is 969. The van der Waals surface area contributed by atoms with Crippen molar-refractivity contribution in [1.29, 1.82) is 0 Å². The summed E-state index contributed by atoms with van der Waals surface area (Å²) in [7, 11) is 0. The lowest BCUT2D eigenvalue weighted by molar-refractivity contribution is 0.0871. The fraction of sp³-hybridized carbons (Fsp3) is 0.621. The van der Waals surface area contributed by atoms with Crippen LogP contribution in [0.5, 0.6) is 0 Å². The van der Waals surface area contributed by atoms with E-state index in [0.717, 1.165) is 69.6 Å². The summed E-state index contributed by atoms with van der Waals surface area (Å²) in [4.78, 5) is 19.2. The molecule has 3 aliphatic rings. The molecule has 1 heterocycles. The van der Waals surface area contributed by atoms with Crippen LogP contribution < -0.4 is 4.90 Å². The molecule has 2 fully saturated rings. The van der Waals surface area contributed by atoms with Crippen LogP contribution in [0.25, 0.3) is 10.8 Å². The normalized spacial score (nSPS) is 20.8. The summed E-state index contributed by atoms with van der Waals surface area (Å²) in [5.74, 6) is 1.35. The Kier molecular flexibility index (Phi) is 6.29. The molecule has 2 aromatic rings. The molecule has 1 saturated heterocycles. The Hall–Kier alpha value is -1.87. The topological polar surface area (TPSA) is 23.6 Å². The van der Waals surface area contributed by atoms with Gasteiger partial charge in [-0.25, -0.2) is 0 Å². The minimum absolute atomic E-state index is 0.299. The van der Waals surface area contributed by atoms with Crippen molar-refractivity contribution in [3.63, 3.8) is 0 Å². The highest BCUT2D eigenvalue weighted by Gasteiger charge is 2.46. The van der Waals surface area contributed by atoms with E-state index < -0.39 is 0 Å². The number of rotatable bonds is 9. The van der Waals surface area contributed by atoms with E-state index in [1.807, 2.05) is 0 Å². The van der Waals surface area contributed by atoms with Crippen LogP contribution in [0.4, 0.5) is 5.69 Å². The molecular weight excluding hydrogens is 392 g/mol. The summed E-state index contributed by atoms with van der Waals surface area (Å²) in [6, 6.07) is 11.2. The van der Waals surface area contributed by atoms with Gasteiger partial charge in [-0.3, -0.25) is 4.79 Å². The van der Waals surface area contributed by atoms with Gasteiger partial charge in [-0.2, -0.15) is 0 Å². The lowest BCUT2D eigenvalue weighted by Crippen LogP contribution is -2.32. The molecule has 0 amide bonds. The van der Waals surface area contributed by atoms with Gasteiger partial charge in [0.25, 0.3) is 0 Å². The van der Waals surface area contributed by atoms with Gasteiger partial charge in [0.15, 0.2) is 5.78 Å². The summed E-state index contributed by atoms with van der Waals surface area (Å²) < 4.78 is 0. The standard InChI is InChI=1S/C29H40N2O/c1-3-5-15-29(16-6-4-2)25-13-14-26(23-9-7-10-24(27(23)25)28(29)32)31-18-8-17-30(19-20-31)21-22-11-12-22/h7,9-10,13-14,22H,3-6,8,11-12,15-21H2,1-2H3. The van der Waals surface area contributed by atoms with Crippen LogP contribution in [0, 0.1) is 5.92 Å². The quantitative estimate of drug-likeness (QED) is 0.447. The van der Waals surface area contributed by atoms with Crippen molar-refractivity contribution < 1.29 is 4.79 Å². The van der Waals surface area contributed by atoms with E-state index in [1.54, 1.807) is 0 Å². The third-order valence-corrected chi connectivity index (χ3v) is 8.27. The number of hydrogen-bond donors (Lipinski definition) is 0. The fourth-order valence-corrected chi connectivity index (χ4v) is 6.27. The van der Waals surface area contributed by atoms with Gasteiger partial charge in [-0.15, -0.1) is 0 Å². The van der Waals surface area contributed by atoms with Crippen molar-refractivity contribution in [3.8, 4) is 0 Å². The average molecular weight is 433 g/mol. The zero-order chi connectivity index (χ0) is 22.1. The molecule has 2 aromatic carbocycles. The Morgan fingerprint density at radius 1 is 0.938 bits per heavy atom. The van der Waals surface area contributed by atoms with Gasteiger partial charge in [0.05, 0.1) is 5.41 Å². The van der Waals surface area contributed by atoms with Gasteiger partial charge in [0, 0.05) is 42.8 Å². The number of benzene rings is 2. The predicted octanol–water partition coefficient (Wildman–Crippen LogP) is 6.58. The van der Waals surface area contributed by atoms with E-state index in [1.165, 1.54) is 54.4 Å². The number of nitrogens with zero attached hydrogens (tertiary/aromatic N) is 2. The highest BCUT2D eigenvalue weighted by molar-refractivity contribution is 6.22. The monoisotopic (exact) mass is 432 g/mol. The van der Waals surface area contributed by atoms with Crippen molar-refractivity contribution >= 4 is 22.2 Å². The van der Waals surface area contributed by atoms with E-state index in [0.29, 0.717) is 5.78 Å². The molecule has 0 radical (unpaired) electrons. The number of unbranched alkanes of at least 4 members (excludes halogenated alkanes) is 2. The predicted molar refractivity (Wildman–Crippen MR) is 135 cm³/mol. The Morgan fingerprint density at radius 3 is 2.44 bits per heavy atom. The van der Waals surface area contributed by atoms with Crippen LogP contribution in [0.2, 0.25) is 0 Å². The Morgan fingerprint density at radius 2 is 1.72 bits per heavy atom. The van der Waals surface area contributed by atoms with Crippen LogP contribution >= 0.6 is 0 Å². The molecule has 3 heteroatoms. The Labute approximate surface area is 194 Å². The summed E-state index contributed by atoms with van der Waals surface area (Å²) in [6.07, 6.45) is 10.6. The smallest absolute Gasteiger partial charge is 0.174 e. The number of hydrogen-bond acceptors (Lipinski definition) is 3. The molecule has 172 valence electrons. The summed E-state index contributed by atoms with van der Waals surface area (Å²) >= 11 is 0. The number of carbonyl (C=O) groups is 1.